The van der Waals surface area contributed by atoms with E-state index in [1.54, 1.807) is 0 Å². The van der Waals surface area contributed by atoms with E-state index in [1.165, 1.54) is 0 Å². The summed E-state index contributed by atoms with van der Waals surface area (Å²) in [4.78, 5) is 1.29. The summed E-state index contributed by atoms with van der Waals surface area (Å²) in [6, 6.07) is 23.2. The Balaban J connectivity index is 2.03. The number of aliphatic hydroxyl groups excluding tert-OH is 1. The van der Waals surface area contributed by atoms with Gasteiger partial charge in [0.1, 0.15) is 6.10 Å². The van der Waals surface area contributed by atoms with Gasteiger partial charge >= 0.3 is 0 Å². The average molecular weight is 365 g/mol. The van der Waals surface area contributed by atoms with Crippen LogP contribution in [-0.4, -0.2) is 9.32 Å². The molecule has 2 atom stereocenters. The second-order valence-corrected chi connectivity index (χ2v) is 7.78. The van der Waals surface area contributed by atoms with E-state index in [0.29, 0.717) is 4.91 Å². The number of benzene rings is 3. The van der Waals surface area contributed by atoms with Crippen LogP contribution in [0.15, 0.2) is 88.7 Å². The Bertz CT molecular complexity index is 910. The van der Waals surface area contributed by atoms with Crippen LogP contribution in [-0.2, 0) is 10.8 Å². The van der Waals surface area contributed by atoms with E-state index in [4.69, 9.17) is 0 Å². The smallest absolute Gasteiger partial charge is 0.113 e. The molecule has 26 heavy (non-hydrogen) atoms. The number of aliphatic hydroxyl groups is 1. The van der Waals surface area contributed by atoms with Gasteiger partial charge in [0, 0.05) is 4.90 Å². The Hall–Kier alpha value is -2.23. The summed E-state index contributed by atoms with van der Waals surface area (Å²) < 4.78 is 13.2. The number of fused-ring (bicyclic) bond motifs is 1. The topological polar surface area (TPSA) is 37.3 Å². The van der Waals surface area contributed by atoms with Crippen LogP contribution in [0.2, 0.25) is 0 Å². The van der Waals surface area contributed by atoms with Crippen LogP contribution in [0.3, 0.4) is 0 Å². The van der Waals surface area contributed by atoms with Crippen molar-refractivity contribution in [1.82, 2.24) is 0 Å². The van der Waals surface area contributed by atoms with Crippen LogP contribution < -0.4 is 0 Å². The lowest BCUT2D eigenvalue weighted by Crippen LogP contribution is -2.08. The van der Waals surface area contributed by atoms with Crippen molar-refractivity contribution < 1.29 is 9.32 Å². The maximum Gasteiger partial charge on any atom is 0.113 e. The Labute approximate surface area is 157 Å². The van der Waals surface area contributed by atoms with Crippen molar-refractivity contribution in [2.75, 3.05) is 0 Å². The molecule has 3 aromatic rings. The molecule has 3 rings (SSSR count). The predicted molar refractivity (Wildman–Crippen MR) is 109 cm³/mol. The average Bonchev–Trinajstić information content (AvgIpc) is 2.70. The molecule has 0 radical (unpaired) electrons. The minimum Gasteiger partial charge on any atom is -0.383 e. The van der Waals surface area contributed by atoms with Crippen molar-refractivity contribution in [2.45, 2.75) is 37.2 Å². The molecule has 0 aromatic heterocycles. The molecule has 0 aliphatic rings. The predicted octanol–water partition coefficient (Wildman–Crippen LogP) is 5.76. The summed E-state index contributed by atoms with van der Waals surface area (Å²) >= 11 is 0. The van der Waals surface area contributed by atoms with Crippen molar-refractivity contribution >= 4 is 21.6 Å². The van der Waals surface area contributed by atoms with E-state index in [0.717, 1.165) is 40.5 Å². The maximum atomic E-state index is 13.2. The van der Waals surface area contributed by atoms with Gasteiger partial charge in [-0.1, -0.05) is 86.5 Å². The van der Waals surface area contributed by atoms with Crippen LogP contribution in [0.1, 0.15) is 37.9 Å². The first kappa shape index (κ1) is 18.6. The number of hydrogen-bond acceptors (Lipinski definition) is 2. The van der Waals surface area contributed by atoms with Crippen molar-refractivity contribution in [3.05, 3.63) is 89.3 Å². The Morgan fingerprint density at radius 2 is 1.69 bits per heavy atom. The fourth-order valence-electron chi connectivity index (χ4n) is 3.06. The summed E-state index contributed by atoms with van der Waals surface area (Å²) in [5.41, 5.74) is 0.801. The Kier molecular flexibility index (Phi) is 6.37. The Morgan fingerprint density at radius 1 is 1.00 bits per heavy atom. The highest BCUT2D eigenvalue weighted by Crippen LogP contribution is 2.32. The molecule has 134 valence electrons. The van der Waals surface area contributed by atoms with Gasteiger partial charge in [-0.15, -0.1) is 0 Å². The molecular weight excluding hydrogens is 340 g/mol. The third-order valence-corrected chi connectivity index (χ3v) is 5.98. The summed E-state index contributed by atoms with van der Waals surface area (Å²) in [5.74, 6) is 0. The van der Waals surface area contributed by atoms with Crippen LogP contribution in [0, 0.1) is 0 Å². The zero-order valence-corrected chi connectivity index (χ0v) is 15.8. The quantitative estimate of drug-likeness (QED) is 0.542. The lowest BCUT2D eigenvalue weighted by Gasteiger charge is -2.17. The molecule has 0 saturated carbocycles. The molecule has 1 N–H and O–H groups in total. The lowest BCUT2D eigenvalue weighted by atomic mass is 9.99. The Morgan fingerprint density at radius 3 is 2.46 bits per heavy atom. The minimum atomic E-state index is -1.39. The van der Waals surface area contributed by atoms with Gasteiger partial charge in [0.25, 0.3) is 0 Å². The number of allylic oxidation sites excluding steroid dienone is 1. The third kappa shape index (κ3) is 4.12. The second-order valence-electron chi connectivity index (χ2n) is 6.30. The zero-order valence-electron chi connectivity index (χ0n) is 15.0. The molecule has 0 aliphatic carbocycles. The molecule has 0 bridgehead atoms. The molecule has 0 fully saturated rings. The van der Waals surface area contributed by atoms with E-state index < -0.39 is 16.9 Å². The molecular formula is C23H24O2S. The van der Waals surface area contributed by atoms with Crippen LogP contribution in [0.25, 0.3) is 10.8 Å². The van der Waals surface area contributed by atoms with E-state index in [-0.39, 0.29) is 0 Å². The van der Waals surface area contributed by atoms with Gasteiger partial charge in [0.15, 0.2) is 0 Å². The van der Waals surface area contributed by atoms with Gasteiger partial charge in [0.2, 0.25) is 0 Å². The molecule has 2 unspecified atom stereocenters. The summed E-state index contributed by atoms with van der Waals surface area (Å²) in [6.07, 6.45) is 3.95. The van der Waals surface area contributed by atoms with Crippen molar-refractivity contribution in [2.24, 2.45) is 0 Å². The van der Waals surface area contributed by atoms with Gasteiger partial charge in [-0.25, -0.2) is 4.21 Å². The highest BCUT2D eigenvalue weighted by molar-refractivity contribution is 7.89. The van der Waals surface area contributed by atoms with E-state index in [2.05, 4.69) is 6.92 Å². The summed E-state index contributed by atoms with van der Waals surface area (Å²) in [6.45, 7) is 2.13. The van der Waals surface area contributed by atoms with Crippen molar-refractivity contribution in [1.29, 1.82) is 0 Å². The number of unbranched alkanes of at least 4 members (excludes halogenated alkanes) is 2. The molecule has 2 nitrogen and oxygen atoms in total. The monoisotopic (exact) mass is 364 g/mol. The highest BCUT2D eigenvalue weighted by atomic mass is 32.2. The molecule has 0 aliphatic heterocycles. The standard InChI is InChI=1S/C23H24O2S/c1-2-3-5-17-22(26(25)19-13-6-4-7-14-19)23(24)21-16-10-12-18-11-8-9-15-20(18)21/h4,6-17,23-24H,2-3,5H2,1H3/b22-17+. The summed E-state index contributed by atoms with van der Waals surface area (Å²) in [7, 11) is -1.39. The first-order valence-corrected chi connectivity index (χ1v) is 10.2. The van der Waals surface area contributed by atoms with Gasteiger partial charge in [-0.2, -0.15) is 0 Å². The molecule has 3 heteroatoms. The fraction of sp³-hybridized carbons (Fsp3) is 0.217. The zero-order chi connectivity index (χ0) is 18.4. The second kappa shape index (κ2) is 8.93. The van der Waals surface area contributed by atoms with Crippen molar-refractivity contribution in [3.63, 3.8) is 0 Å². The van der Waals surface area contributed by atoms with E-state index >= 15 is 0 Å². The lowest BCUT2D eigenvalue weighted by molar-refractivity contribution is 0.225. The van der Waals surface area contributed by atoms with Crippen LogP contribution >= 0.6 is 0 Å². The maximum absolute atomic E-state index is 13.2. The normalized spacial score (nSPS) is 14.3. The first-order chi connectivity index (χ1) is 12.7. The van der Waals surface area contributed by atoms with E-state index in [9.17, 15) is 9.32 Å². The van der Waals surface area contributed by atoms with Crippen molar-refractivity contribution in [3.8, 4) is 0 Å². The summed E-state index contributed by atoms with van der Waals surface area (Å²) in [5, 5.41) is 13.2. The van der Waals surface area contributed by atoms with Gasteiger partial charge in [0.05, 0.1) is 15.7 Å². The largest absolute Gasteiger partial charge is 0.383 e. The van der Waals surface area contributed by atoms with Crippen LogP contribution in [0.4, 0.5) is 0 Å². The van der Waals surface area contributed by atoms with Gasteiger partial charge in [-0.05, 0) is 34.9 Å². The number of rotatable bonds is 7. The minimum absolute atomic E-state index is 0.570. The molecule has 0 heterocycles. The third-order valence-electron chi connectivity index (χ3n) is 4.46. The number of hydrogen-bond donors (Lipinski definition) is 1. The molecule has 0 spiro atoms. The highest BCUT2D eigenvalue weighted by Gasteiger charge is 2.22. The van der Waals surface area contributed by atoms with Gasteiger partial charge < -0.3 is 5.11 Å². The molecule has 0 amide bonds. The fourth-order valence-corrected chi connectivity index (χ4v) is 4.33. The molecule has 3 aromatic carbocycles. The van der Waals surface area contributed by atoms with E-state index in [1.807, 2.05) is 78.9 Å². The van der Waals surface area contributed by atoms with Crippen LogP contribution in [0.5, 0.6) is 0 Å². The molecule has 0 saturated heterocycles. The van der Waals surface area contributed by atoms with Gasteiger partial charge in [-0.3, -0.25) is 0 Å². The first-order valence-electron chi connectivity index (χ1n) is 9.05. The SMILES string of the molecule is CCCC/C=C(\C(O)c1cccc2ccccc12)S(=O)c1ccccc1.